The molecule has 0 saturated heterocycles. The molecular formula is C24H29FN2O6S2. The molecule has 8 nitrogen and oxygen atoms in total. The van der Waals surface area contributed by atoms with Crippen molar-refractivity contribution in [3.8, 4) is 6.07 Å². The second-order valence-electron chi connectivity index (χ2n) is 8.57. The molecule has 0 heterocycles. The van der Waals surface area contributed by atoms with Crippen LogP contribution in [0.4, 0.5) is 4.39 Å². The van der Waals surface area contributed by atoms with Gasteiger partial charge in [-0.25, -0.2) is 30.7 Å². The van der Waals surface area contributed by atoms with Gasteiger partial charge >= 0.3 is 5.97 Å². The van der Waals surface area contributed by atoms with Crippen molar-refractivity contribution in [1.82, 2.24) is 4.72 Å². The minimum Gasteiger partial charge on any atom is -0.465 e. The van der Waals surface area contributed by atoms with Crippen LogP contribution in [-0.2, 0) is 31.0 Å². The van der Waals surface area contributed by atoms with Gasteiger partial charge in [-0.05, 0) is 66.3 Å². The van der Waals surface area contributed by atoms with Crippen LogP contribution in [0.25, 0.3) is 0 Å². The molecule has 2 rings (SSSR count). The number of benzene rings is 2. The number of sulfone groups is 1. The minimum atomic E-state index is -4.13. The molecular weight excluding hydrogens is 495 g/mol. The molecule has 2 aromatic carbocycles. The number of nitrogens with one attached hydrogen (secondary N) is 1. The van der Waals surface area contributed by atoms with Gasteiger partial charge in [-0.15, -0.1) is 0 Å². The van der Waals surface area contributed by atoms with Crippen molar-refractivity contribution in [2.45, 2.75) is 55.7 Å². The van der Waals surface area contributed by atoms with Crippen LogP contribution in [0.1, 0.15) is 72.1 Å². The Morgan fingerprint density at radius 2 is 1.74 bits per heavy atom. The monoisotopic (exact) mass is 524 g/mol. The van der Waals surface area contributed by atoms with Crippen molar-refractivity contribution in [3.63, 3.8) is 0 Å². The highest BCUT2D eigenvalue weighted by Crippen LogP contribution is 2.33. The summed E-state index contributed by atoms with van der Waals surface area (Å²) < 4.78 is 72.8. The standard InChI is InChI=1S/C24H29FN2O6S2/c1-14(2)19-11-16(13-26)23(25)22(15(3)4)18(19)9-10-34(29,30)21-8-7-17(35(31,32)27-5)12-20(21)24(28)33-6/h7-8,11-12,14-15,27H,9-10H2,1-6H3. The fourth-order valence-corrected chi connectivity index (χ4v) is 6.10. The van der Waals surface area contributed by atoms with E-state index in [0.717, 1.165) is 25.3 Å². The predicted molar refractivity (Wildman–Crippen MR) is 129 cm³/mol. The number of halogens is 1. The van der Waals surface area contributed by atoms with Crippen LogP contribution in [0, 0.1) is 17.1 Å². The van der Waals surface area contributed by atoms with Gasteiger partial charge in [-0.1, -0.05) is 27.7 Å². The Labute approximate surface area is 206 Å². The van der Waals surface area contributed by atoms with Crippen LogP contribution in [0.2, 0.25) is 0 Å². The van der Waals surface area contributed by atoms with E-state index in [1.165, 1.54) is 13.1 Å². The molecule has 0 saturated carbocycles. The second-order valence-corrected chi connectivity index (χ2v) is 12.5. The molecule has 0 aliphatic carbocycles. The molecule has 2 aromatic rings. The molecule has 0 amide bonds. The van der Waals surface area contributed by atoms with Gasteiger partial charge in [0.15, 0.2) is 9.84 Å². The Kier molecular flexibility index (Phi) is 8.81. The molecule has 1 N–H and O–H groups in total. The van der Waals surface area contributed by atoms with E-state index in [9.17, 15) is 26.9 Å². The summed E-state index contributed by atoms with van der Waals surface area (Å²) in [6.45, 7) is 7.26. The number of carbonyl (C=O) groups is 1. The molecule has 0 fully saturated rings. The fraction of sp³-hybridized carbons (Fsp3) is 0.417. The number of rotatable bonds is 9. The third kappa shape index (κ3) is 5.89. The lowest BCUT2D eigenvalue weighted by Crippen LogP contribution is -2.21. The zero-order valence-electron chi connectivity index (χ0n) is 20.5. The number of hydrogen-bond donors (Lipinski definition) is 1. The van der Waals surface area contributed by atoms with E-state index >= 15 is 4.39 Å². The van der Waals surface area contributed by atoms with Crippen molar-refractivity contribution >= 4 is 25.8 Å². The Hall–Kier alpha value is -2.81. The number of nitriles is 1. The second kappa shape index (κ2) is 10.8. The summed E-state index contributed by atoms with van der Waals surface area (Å²) in [7, 11) is -5.83. The first-order chi connectivity index (χ1) is 16.2. The third-order valence-electron chi connectivity index (χ3n) is 5.66. The molecule has 0 spiro atoms. The highest BCUT2D eigenvalue weighted by Gasteiger charge is 2.28. The molecule has 11 heteroatoms. The molecule has 0 unspecified atom stereocenters. The number of methoxy groups -OCH3 is 1. The molecule has 0 aliphatic heterocycles. The number of esters is 1. The van der Waals surface area contributed by atoms with Gasteiger partial charge in [0.1, 0.15) is 11.9 Å². The Balaban J connectivity index is 2.64. The Bertz CT molecular complexity index is 1390. The van der Waals surface area contributed by atoms with Crippen LogP contribution < -0.4 is 4.72 Å². The van der Waals surface area contributed by atoms with Gasteiger partial charge in [-0.2, -0.15) is 5.26 Å². The zero-order chi connectivity index (χ0) is 26.7. The summed E-state index contributed by atoms with van der Waals surface area (Å²) in [5, 5.41) is 9.36. The van der Waals surface area contributed by atoms with E-state index in [0.29, 0.717) is 11.1 Å². The third-order valence-corrected chi connectivity index (χ3v) is 8.84. The lowest BCUT2D eigenvalue weighted by atomic mass is 9.85. The molecule has 190 valence electrons. The maximum absolute atomic E-state index is 15.1. The highest BCUT2D eigenvalue weighted by molar-refractivity contribution is 7.91. The van der Waals surface area contributed by atoms with Gasteiger partial charge in [0.05, 0.1) is 33.8 Å². The summed E-state index contributed by atoms with van der Waals surface area (Å²) in [4.78, 5) is 11.7. The van der Waals surface area contributed by atoms with Crippen molar-refractivity contribution in [2.24, 2.45) is 0 Å². The van der Waals surface area contributed by atoms with E-state index in [2.05, 4.69) is 9.46 Å². The number of ether oxygens (including phenoxy) is 1. The van der Waals surface area contributed by atoms with Gasteiger partial charge < -0.3 is 4.74 Å². The van der Waals surface area contributed by atoms with Crippen molar-refractivity contribution in [1.29, 1.82) is 5.26 Å². The van der Waals surface area contributed by atoms with Gasteiger partial charge in [0.2, 0.25) is 10.0 Å². The predicted octanol–water partition coefficient (Wildman–Crippen LogP) is 3.66. The lowest BCUT2D eigenvalue weighted by molar-refractivity contribution is 0.0596. The maximum atomic E-state index is 15.1. The average Bonchev–Trinajstić information content (AvgIpc) is 2.81. The number of hydrogen-bond acceptors (Lipinski definition) is 7. The summed E-state index contributed by atoms with van der Waals surface area (Å²) in [6, 6.07) is 6.40. The molecule has 35 heavy (non-hydrogen) atoms. The van der Waals surface area contributed by atoms with Gasteiger partial charge in [0, 0.05) is 0 Å². The average molecular weight is 525 g/mol. The normalized spacial score (nSPS) is 12.1. The van der Waals surface area contributed by atoms with Crippen LogP contribution in [0.5, 0.6) is 0 Å². The number of carbonyl (C=O) groups excluding carboxylic acids is 1. The van der Waals surface area contributed by atoms with Gasteiger partial charge in [-0.3, -0.25) is 0 Å². The first-order valence-electron chi connectivity index (χ1n) is 10.9. The first kappa shape index (κ1) is 28.4. The maximum Gasteiger partial charge on any atom is 0.339 e. The van der Waals surface area contributed by atoms with E-state index in [1.807, 2.05) is 19.9 Å². The fourth-order valence-electron chi connectivity index (χ4n) is 3.90. The zero-order valence-corrected chi connectivity index (χ0v) is 22.1. The Morgan fingerprint density at radius 3 is 2.23 bits per heavy atom. The molecule has 0 bridgehead atoms. The van der Waals surface area contributed by atoms with E-state index in [1.54, 1.807) is 13.8 Å². The minimum absolute atomic E-state index is 0.0663. The molecule has 0 aromatic heterocycles. The summed E-state index contributed by atoms with van der Waals surface area (Å²) in [6.07, 6.45) is -0.0663. The van der Waals surface area contributed by atoms with Crippen LogP contribution >= 0.6 is 0 Å². The highest BCUT2D eigenvalue weighted by atomic mass is 32.2. The van der Waals surface area contributed by atoms with E-state index < -0.39 is 43.0 Å². The number of nitrogens with zero attached hydrogens (tertiary/aromatic N) is 1. The van der Waals surface area contributed by atoms with E-state index in [4.69, 9.17) is 0 Å². The summed E-state index contributed by atoms with van der Waals surface area (Å²) >= 11 is 0. The number of sulfonamides is 1. The largest absolute Gasteiger partial charge is 0.465 e. The van der Waals surface area contributed by atoms with Gasteiger partial charge in [0.25, 0.3) is 0 Å². The van der Waals surface area contributed by atoms with Crippen LogP contribution in [0.3, 0.4) is 0 Å². The molecule has 0 aliphatic rings. The SMILES string of the molecule is CNS(=O)(=O)c1ccc(S(=O)(=O)CCc2c(C(C)C)cc(C#N)c(F)c2C(C)C)c(C(=O)OC)c1. The van der Waals surface area contributed by atoms with Crippen LogP contribution in [0.15, 0.2) is 34.1 Å². The lowest BCUT2D eigenvalue weighted by Gasteiger charge is -2.21. The molecule has 0 atom stereocenters. The quantitative estimate of drug-likeness (QED) is 0.496. The first-order valence-corrected chi connectivity index (χ1v) is 14.0. The smallest absolute Gasteiger partial charge is 0.339 e. The summed E-state index contributed by atoms with van der Waals surface area (Å²) in [5.74, 6) is -2.56. The topological polar surface area (TPSA) is 130 Å². The van der Waals surface area contributed by atoms with Crippen molar-refractivity contribution < 1.29 is 30.8 Å². The summed E-state index contributed by atoms with van der Waals surface area (Å²) in [5.41, 5.74) is 0.947. The van der Waals surface area contributed by atoms with Crippen molar-refractivity contribution in [3.05, 3.63) is 57.9 Å². The molecule has 0 radical (unpaired) electrons. The van der Waals surface area contributed by atoms with Crippen molar-refractivity contribution in [2.75, 3.05) is 19.9 Å². The van der Waals surface area contributed by atoms with Crippen LogP contribution in [-0.4, -0.2) is 42.7 Å². The van der Waals surface area contributed by atoms with E-state index in [-0.39, 0.29) is 39.2 Å². The Morgan fingerprint density at radius 1 is 1.11 bits per heavy atom.